The molecule has 0 saturated heterocycles. The number of anilines is 1. The van der Waals surface area contributed by atoms with Crippen molar-refractivity contribution in [1.82, 2.24) is 14.5 Å². The van der Waals surface area contributed by atoms with E-state index in [4.69, 9.17) is 10.5 Å². The average molecular weight is 284 g/mol. The number of sulfone groups is 1. The predicted molar refractivity (Wildman–Crippen MR) is 72.9 cm³/mol. The Hall–Kier alpha value is -1.83. The Morgan fingerprint density at radius 2 is 2.11 bits per heavy atom. The van der Waals surface area contributed by atoms with E-state index >= 15 is 0 Å². The summed E-state index contributed by atoms with van der Waals surface area (Å²) < 4.78 is 29.4. The Morgan fingerprint density at radius 1 is 1.42 bits per heavy atom. The SMILES string of the molecule is COc1ccc2nc(N)n(C(C)CS(C)(=O)=O)c2n1. The highest BCUT2D eigenvalue weighted by atomic mass is 32.2. The second-order valence-electron chi connectivity index (χ2n) is 4.48. The summed E-state index contributed by atoms with van der Waals surface area (Å²) in [4.78, 5) is 8.44. The molecule has 0 bridgehead atoms. The number of fused-ring (bicyclic) bond motifs is 1. The van der Waals surface area contributed by atoms with E-state index in [1.54, 1.807) is 23.6 Å². The zero-order valence-electron chi connectivity index (χ0n) is 11.0. The van der Waals surface area contributed by atoms with E-state index < -0.39 is 9.84 Å². The standard InChI is InChI=1S/C11H16N4O3S/c1-7(6-19(3,16)17)15-10-8(13-11(15)12)4-5-9(14-10)18-2/h4-5,7H,6H2,1-3H3,(H2,12,13). The minimum Gasteiger partial charge on any atom is -0.481 e. The molecule has 7 nitrogen and oxygen atoms in total. The van der Waals surface area contributed by atoms with Crippen LogP contribution in [0.3, 0.4) is 0 Å². The summed E-state index contributed by atoms with van der Waals surface area (Å²) in [6.45, 7) is 1.76. The lowest BCUT2D eigenvalue weighted by Crippen LogP contribution is -2.18. The zero-order chi connectivity index (χ0) is 14.2. The van der Waals surface area contributed by atoms with Crippen LogP contribution in [0.2, 0.25) is 0 Å². The average Bonchev–Trinajstić information content (AvgIpc) is 2.61. The molecule has 0 radical (unpaired) electrons. The van der Waals surface area contributed by atoms with Crippen LogP contribution in [0.4, 0.5) is 5.95 Å². The Labute approximate surface area is 111 Å². The molecule has 2 heterocycles. The molecule has 2 aromatic heterocycles. The minimum atomic E-state index is -3.11. The second-order valence-corrected chi connectivity index (χ2v) is 6.66. The first kappa shape index (κ1) is 13.6. The van der Waals surface area contributed by atoms with E-state index in [1.807, 2.05) is 0 Å². The van der Waals surface area contributed by atoms with Crippen LogP contribution in [0.25, 0.3) is 11.2 Å². The number of ether oxygens (including phenoxy) is 1. The summed E-state index contributed by atoms with van der Waals surface area (Å²) in [5.41, 5.74) is 6.97. The highest BCUT2D eigenvalue weighted by Gasteiger charge is 2.19. The van der Waals surface area contributed by atoms with Crippen LogP contribution in [-0.4, -0.2) is 42.1 Å². The number of nitrogens with zero attached hydrogens (tertiary/aromatic N) is 3. The van der Waals surface area contributed by atoms with Crippen LogP contribution < -0.4 is 10.5 Å². The molecule has 2 N–H and O–H groups in total. The van der Waals surface area contributed by atoms with Crippen molar-refractivity contribution in [2.45, 2.75) is 13.0 Å². The number of aromatic nitrogens is 3. The first-order valence-electron chi connectivity index (χ1n) is 5.68. The van der Waals surface area contributed by atoms with E-state index in [0.29, 0.717) is 17.0 Å². The number of pyridine rings is 1. The van der Waals surface area contributed by atoms with Gasteiger partial charge in [0.15, 0.2) is 5.65 Å². The summed E-state index contributed by atoms with van der Waals surface area (Å²) in [6.07, 6.45) is 1.19. The van der Waals surface area contributed by atoms with Crippen molar-refractivity contribution in [2.24, 2.45) is 0 Å². The monoisotopic (exact) mass is 284 g/mol. The van der Waals surface area contributed by atoms with E-state index in [0.717, 1.165) is 0 Å². The van der Waals surface area contributed by atoms with Crippen LogP contribution in [-0.2, 0) is 9.84 Å². The van der Waals surface area contributed by atoms with Gasteiger partial charge in [0.05, 0.1) is 12.9 Å². The number of hydrogen-bond donors (Lipinski definition) is 1. The van der Waals surface area contributed by atoms with Gasteiger partial charge in [-0.05, 0) is 13.0 Å². The first-order valence-corrected chi connectivity index (χ1v) is 7.74. The third-order valence-electron chi connectivity index (χ3n) is 2.73. The number of methoxy groups -OCH3 is 1. The summed E-state index contributed by atoms with van der Waals surface area (Å²) in [6, 6.07) is 3.07. The zero-order valence-corrected chi connectivity index (χ0v) is 11.8. The smallest absolute Gasteiger partial charge is 0.215 e. The highest BCUT2D eigenvalue weighted by Crippen LogP contribution is 2.24. The molecule has 0 aliphatic rings. The second kappa shape index (κ2) is 4.69. The molecule has 0 amide bonds. The van der Waals surface area contributed by atoms with E-state index in [9.17, 15) is 8.42 Å². The Balaban J connectivity index is 2.55. The van der Waals surface area contributed by atoms with E-state index in [1.165, 1.54) is 13.4 Å². The van der Waals surface area contributed by atoms with Gasteiger partial charge in [-0.3, -0.25) is 4.57 Å². The quantitative estimate of drug-likeness (QED) is 0.883. The number of imidazole rings is 1. The van der Waals surface area contributed by atoms with Gasteiger partial charge in [0.25, 0.3) is 0 Å². The van der Waals surface area contributed by atoms with Crippen molar-refractivity contribution in [3.63, 3.8) is 0 Å². The fourth-order valence-electron chi connectivity index (χ4n) is 2.03. The number of nitrogen functional groups attached to an aromatic ring is 1. The van der Waals surface area contributed by atoms with Gasteiger partial charge in [0, 0.05) is 18.4 Å². The molecule has 2 rings (SSSR count). The van der Waals surface area contributed by atoms with Crippen molar-refractivity contribution in [3.8, 4) is 5.88 Å². The maximum absolute atomic E-state index is 11.4. The van der Waals surface area contributed by atoms with Crippen LogP contribution in [0.5, 0.6) is 5.88 Å². The fraction of sp³-hybridized carbons (Fsp3) is 0.455. The third kappa shape index (κ3) is 2.78. The first-order chi connectivity index (χ1) is 8.81. The summed E-state index contributed by atoms with van der Waals surface area (Å²) in [7, 11) is -1.60. The molecule has 0 aromatic carbocycles. The number of rotatable bonds is 4. The maximum Gasteiger partial charge on any atom is 0.215 e. The van der Waals surface area contributed by atoms with Crippen LogP contribution in [0.15, 0.2) is 12.1 Å². The number of hydrogen-bond acceptors (Lipinski definition) is 6. The highest BCUT2D eigenvalue weighted by molar-refractivity contribution is 7.90. The Kier molecular flexibility index (Phi) is 3.36. The van der Waals surface area contributed by atoms with Gasteiger partial charge in [-0.15, -0.1) is 0 Å². The molecule has 19 heavy (non-hydrogen) atoms. The minimum absolute atomic E-state index is 0.0262. The molecular weight excluding hydrogens is 268 g/mol. The Bertz CT molecular complexity index is 708. The molecule has 0 aliphatic heterocycles. The van der Waals surface area contributed by atoms with Crippen molar-refractivity contribution in [1.29, 1.82) is 0 Å². The topological polar surface area (TPSA) is 100 Å². The molecule has 1 atom stereocenters. The van der Waals surface area contributed by atoms with Gasteiger partial charge in [-0.1, -0.05) is 0 Å². The molecule has 0 spiro atoms. The largest absolute Gasteiger partial charge is 0.481 e. The summed E-state index contributed by atoms with van der Waals surface area (Å²) in [5, 5.41) is 0. The maximum atomic E-state index is 11.4. The molecule has 1 unspecified atom stereocenters. The Morgan fingerprint density at radius 3 is 2.68 bits per heavy atom. The lowest BCUT2D eigenvalue weighted by Gasteiger charge is -2.14. The van der Waals surface area contributed by atoms with Gasteiger partial charge in [0.1, 0.15) is 15.4 Å². The van der Waals surface area contributed by atoms with Gasteiger partial charge in [-0.25, -0.2) is 13.4 Å². The number of nitrogens with two attached hydrogens (primary N) is 1. The van der Waals surface area contributed by atoms with Crippen LogP contribution in [0, 0.1) is 0 Å². The predicted octanol–water partition coefficient (Wildman–Crippen LogP) is 0.628. The molecule has 0 fully saturated rings. The molecule has 2 aromatic rings. The molecule has 8 heteroatoms. The van der Waals surface area contributed by atoms with Crippen molar-refractivity contribution < 1.29 is 13.2 Å². The van der Waals surface area contributed by atoms with E-state index in [-0.39, 0.29) is 17.7 Å². The summed E-state index contributed by atoms with van der Waals surface area (Å²) >= 11 is 0. The van der Waals surface area contributed by atoms with Gasteiger partial charge < -0.3 is 10.5 Å². The van der Waals surface area contributed by atoms with Crippen molar-refractivity contribution in [2.75, 3.05) is 24.9 Å². The molecule has 0 saturated carbocycles. The van der Waals surface area contributed by atoms with Crippen LogP contribution >= 0.6 is 0 Å². The normalized spacial score (nSPS) is 13.6. The lowest BCUT2D eigenvalue weighted by molar-refractivity contribution is 0.398. The third-order valence-corrected chi connectivity index (χ3v) is 3.82. The van der Waals surface area contributed by atoms with Crippen molar-refractivity contribution >= 4 is 26.9 Å². The molecule has 104 valence electrons. The van der Waals surface area contributed by atoms with E-state index in [2.05, 4.69) is 9.97 Å². The molecular formula is C11H16N4O3S. The van der Waals surface area contributed by atoms with Gasteiger partial charge in [0.2, 0.25) is 11.8 Å². The summed E-state index contributed by atoms with van der Waals surface area (Å²) in [5.74, 6) is 0.647. The molecule has 0 aliphatic carbocycles. The lowest BCUT2D eigenvalue weighted by atomic mass is 10.3. The van der Waals surface area contributed by atoms with Gasteiger partial charge >= 0.3 is 0 Å². The van der Waals surface area contributed by atoms with Crippen LogP contribution in [0.1, 0.15) is 13.0 Å². The fourth-order valence-corrected chi connectivity index (χ4v) is 3.06. The van der Waals surface area contributed by atoms with Crippen molar-refractivity contribution in [3.05, 3.63) is 12.1 Å². The van der Waals surface area contributed by atoms with Gasteiger partial charge in [-0.2, -0.15) is 4.98 Å².